The van der Waals surface area contributed by atoms with Crippen LogP contribution in [0.5, 0.6) is 0 Å². The summed E-state index contributed by atoms with van der Waals surface area (Å²) in [5, 5.41) is 12.6. The van der Waals surface area contributed by atoms with E-state index < -0.39 is 5.97 Å². The van der Waals surface area contributed by atoms with E-state index in [2.05, 4.69) is 12.2 Å². The van der Waals surface area contributed by atoms with Gasteiger partial charge in [0.05, 0.1) is 5.92 Å². The fourth-order valence-electron chi connectivity index (χ4n) is 3.59. The quantitative estimate of drug-likeness (QED) is 0.758. The zero-order chi connectivity index (χ0) is 11.6. The van der Waals surface area contributed by atoms with Crippen LogP contribution >= 0.6 is 0 Å². The van der Waals surface area contributed by atoms with Crippen molar-refractivity contribution in [3.05, 3.63) is 0 Å². The molecule has 0 aromatic heterocycles. The molecule has 3 unspecified atom stereocenters. The van der Waals surface area contributed by atoms with Gasteiger partial charge in [-0.05, 0) is 30.6 Å². The summed E-state index contributed by atoms with van der Waals surface area (Å²) in [5.41, 5.74) is 0.0652. The number of carbonyl (C=O) groups is 1. The average molecular weight is 225 g/mol. The van der Waals surface area contributed by atoms with Crippen molar-refractivity contribution in [2.24, 2.45) is 17.3 Å². The van der Waals surface area contributed by atoms with Crippen LogP contribution in [0.3, 0.4) is 0 Å². The zero-order valence-electron chi connectivity index (χ0n) is 10.2. The predicted molar refractivity (Wildman–Crippen MR) is 63.3 cm³/mol. The second kappa shape index (κ2) is 4.74. The maximum absolute atomic E-state index is 11.3. The van der Waals surface area contributed by atoms with Crippen LogP contribution in [0.15, 0.2) is 0 Å². The van der Waals surface area contributed by atoms with Crippen molar-refractivity contribution < 1.29 is 9.90 Å². The first-order valence-electron chi connectivity index (χ1n) is 6.61. The molecule has 0 amide bonds. The molecule has 3 nitrogen and oxygen atoms in total. The molecule has 0 aromatic rings. The van der Waals surface area contributed by atoms with E-state index in [4.69, 9.17) is 0 Å². The van der Waals surface area contributed by atoms with E-state index in [-0.39, 0.29) is 11.3 Å². The minimum atomic E-state index is -0.597. The molecule has 92 valence electrons. The van der Waals surface area contributed by atoms with Gasteiger partial charge in [-0.25, -0.2) is 0 Å². The minimum absolute atomic E-state index is 0.0652. The molecule has 1 heterocycles. The highest BCUT2D eigenvalue weighted by atomic mass is 16.4. The summed E-state index contributed by atoms with van der Waals surface area (Å²) in [6.07, 6.45) is 7.20. The SMILES string of the molecule is CCC1CCCC2(CC1)CNCC2C(=O)O. The number of hydrogen-bond donors (Lipinski definition) is 2. The Morgan fingerprint density at radius 1 is 1.44 bits per heavy atom. The van der Waals surface area contributed by atoms with Gasteiger partial charge >= 0.3 is 5.97 Å². The summed E-state index contributed by atoms with van der Waals surface area (Å²) in [4.78, 5) is 11.3. The third-order valence-corrected chi connectivity index (χ3v) is 4.78. The molecule has 0 aromatic carbocycles. The monoisotopic (exact) mass is 225 g/mol. The maximum atomic E-state index is 11.3. The van der Waals surface area contributed by atoms with Crippen LogP contribution in [0, 0.1) is 17.3 Å². The lowest BCUT2D eigenvalue weighted by molar-refractivity contribution is -0.145. The number of hydrogen-bond acceptors (Lipinski definition) is 2. The van der Waals surface area contributed by atoms with E-state index in [1.54, 1.807) is 0 Å². The Balaban J connectivity index is 2.09. The van der Waals surface area contributed by atoms with E-state index >= 15 is 0 Å². The Morgan fingerprint density at radius 3 is 2.94 bits per heavy atom. The Morgan fingerprint density at radius 2 is 2.25 bits per heavy atom. The Labute approximate surface area is 97.6 Å². The third kappa shape index (κ3) is 2.10. The van der Waals surface area contributed by atoms with Crippen LogP contribution in [0.1, 0.15) is 45.4 Å². The van der Waals surface area contributed by atoms with Crippen LogP contribution in [-0.4, -0.2) is 24.2 Å². The normalized spacial score (nSPS) is 39.8. The molecule has 1 saturated heterocycles. The molecule has 1 aliphatic heterocycles. The van der Waals surface area contributed by atoms with Crippen molar-refractivity contribution in [3.63, 3.8) is 0 Å². The number of rotatable bonds is 2. The molecule has 2 fully saturated rings. The first kappa shape index (κ1) is 11.9. The summed E-state index contributed by atoms with van der Waals surface area (Å²) in [6.45, 7) is 3.84. The largest absolute Gasteiger partial charge is 0.481 e. The molecule has 3 atom stereocenters. The molecule has 2 N–H and O–H groups in total. The molecular weight excluding hydrogens is 202 g/mol. The smallest absolute Gasteiger partial charge is 0.308 e. The second-order valence-corrected chi connectivity index (χ2v) is 5.59. The Hall–Kier alpha value is -0.570. The molecule has 2 aliphatic rings. The van der Waals surface area contributed by atoms with Crippen molar-refractivity contribution in [2.45, 2.75) is 45.4 Å². The maximum Gasteiger partial charge on any atom is 0.308 e. The van der Waals surface area contributed by atoms with E-state index in [0.29, 0.717) is 6.54 Å². The summed E-state index contributed by atoms with van der Waals surface area (Å²) >= 11 is 0. The van der Waals surface area contributed by atoms with Gasteiger partial charge in [0.25, 0.3) is 0 Å². The standard InChI is InChI=1S/C13H23NO2/c1-2-10-4-3-6-13(7-5-10)9-14-8-11(13)12(15)16/h10-11,14H,2-9H2,1H3,(H,15,16). The minimum Gasteiger partial charge on any atom is -0.481 e. The number of aliphatic carboxylic acids is 1. The molecule has 3 heteroatoms. The van der Waals surface area contributed by atoms with Gasteiger partial charge in [-0.2, -0.15) is 0 Å². The first-order chi connectivity index (χ1) is 7.68. The van der Waals surface area contributed by atoms with Crippen molar-refractivity contribution in [1.82, 2.24) is 5.32 Å². The van der Waals surface area contributed by atoms with E-state index in [9.17, 15) is 9.90 Å². The summed E-state index contributed by atoms with van der Waals surface area (Å²) in [7, 11) is 0. The van der Waals surface area contributed by atoms with Gasteiger partial charge in [0, 0.05) is 13.1 Å². The van der Waals surface area contributed by atoms with Crippen LogP contribution in [0.4, 0.5) is 0 Å². The van der Waals surface area contributed by atoms with Crippen molar-refractivity contribution in [2.75, 3.05) is 13.1 Å². The van der Waals surface area contributed by atoms with Gasteiger partial charge in [0.1, 0.15) is 0 Å². The van der Waals surface area contributed by atoms with Crippen LogP contribution < -0.4 is 5.32 Å². The van der Waals surface area contributed by atoms with Crippen LogP contribution in [0.2, 0.25) is 0 Å². The average Bonchev–Trinajstić information content (AvgIpc) is 2.55. The lowest BCUT2D eigenvalue weighted by Crippen LogP contribution is -2.34. The van der Waals surface area contributed by atoms with Gasteiger partial charge in [0.2, 0.25) is 0 Å². The Bertz CT molecular complexity index is 267. The van der Waals surface area contributed by atoms with Gasteiger partial charge in [-0.3, -0.25) is 4.79 Å². The van der Waals surface area contributed by atoms with Gasteiger partial charge in [-0.1, -0.05) is 26.2 Å². The molecule has 2 rings (SSSR count). The zero-order valence-corrected chi connectivity index (χ0v) is 10.2. The number of carboxylic acid groups (broad SMARTS) is 1. The van der Waals surface area contributed by atoms with Crippen molar-refractivity contribution in [3.8, 4) is 0 Å². The highest BCUT2D eigenvalue weighted by molar-refractivity contribution is 5.72. The second-order valence-electron chi connectivity index (χ2n) is 5.59. The van der Waals surface area contributed by atoms with E-state index in [0.717, 1.165) is 25.3 Å². The van der Waals surface area contributed by atoms with Crippen LogP contribution in [-0.2, 0) is 4.79 Å². The number of nitrogens with one attached hydrogen (secondary N) is 1. The number of carboxylic acids is 1. The molecule has 1 spiro atoms. The third-order valence-electron chi connectivity index (χ3n) is 4.78. The molecule has 1 saturated carbocycles. The molecule has 1 aliphatic carbocycles. The van der Waals surface area contributed by atoms with E-state index in [1.807, 2.05) is 0 Å². The van der Waals surface area contributed by atoms with Crippen molar-refractivity contribution in [1.29, 1.82) is 0 Å². The lowest BCUT2D eigenvalue weighted by Gasteiger charge is -2.31. The van der Waals surface area contributed by atoms with Crippen molar-refractivity contribution >= 4 is 5.97 Å². The summed E-state index contributed by atoms with van der Waals surface area (Å²) in [5.74, 6) is 0.0810. The first-order valence-corrected chi connectivity index (χ1v) is 6.61. The van der Waals surface area contributed by atoms with E-state index in [1.165, 1.54) is 25.7 Å². The topological polar surface area (TPSA) is 49.3 Å². The molecular formula is C13H23NO2. The Kier molecular flexibility index (Phi) is 3.53. The fraction of sp³-hybridized carbons (Fsp3) is 0.923. The highest BCUT2D eigenvalue weighted by Crippen LogP contribution is 2.45. The van der Waals surface area contributed by atoms with Crippen LogP contribution in [0.25, 0.3) is 0 Å². The summed E-state index contributed by atoms with van der Waals surface area (Å²) in [6, 6.07) is 0. The highest BCUT2D eigenvalue weighted by Gasteiger charge is 2.47. The lowest BCUT2D eigenvalue weighted by atomic mass is 9.72. The summed E-state index contributed by atoms with van der Waals surface area (Å²) < 4.78 is 0. The molecule has 0 radical (unpaired) electrons. The fourth-order valence-corrected chi connectivity index (χ4v) is 3.59. The van der Waals surface area contributed by atoms with Gasteiger partial charge in [0.15, 0.2) is 0 Å². The molecule has 0 bridgehead atoms. The van der Waals surface area contributed by atoms with Gasteiger partial charge in [-0.15, -0.1) is 0 Å². The predicted octanol–water partition coefficient (Wildman–Crippen LogP) is 2.27. The molecule has 16 heavy (non-hydrogen) atoms. The van der Waals surface area contributed by atoms with Gasteiger partial charge < -0.3 is 10.4 Å².